The molecule has 5 nitrogen and oxygen atoms in total. The number of nitrogens with zero attached hydrogens (tertiary/aromatic N) is 3. The van der Waals surface area contributed by atoms with Crippen molar-refractivity contribution in [3.8, 4) is 6.07 Å². The molecule has 1 aromatic carbocycles. The molecule has 2 N–H and O–H groups in total. The van der Waals surface area contributed by atoms with Gasteiger partial charge in [0.1, 0.15) is 11.9 Å². The maximum Gasteiger partial charge on any atom is 0.157 e. The smallest absolute Gasteiger partial charge is 0.157 e. The van der Waals surface area contributed by atoms with Crippen molar-refractivity contribution in [2.24, 2.45) is 0 Å². The summed E-state index contributed by atoms with van der Waals surface area (Å²) in [7, 11) is 0. The fourth-order valence-corrected chi connectivity index (χ4v) is 2.57. The lowest BCUT2D eigenvalue weighted by molar-refractivity contribution is 0.311. The van der Waals surface area contributed by atoms with Crippen LogP contribution in [0.15, 0.2) is 24.3 Å². The van der Waals surface area contributed by atoms with Crippen molar-refractivity contribution in [2.45, 2.75) is 13.8 Å². The van der Waals surface area contributed by atoms with E-state index < -0.39 is 0 Å². The summed E-state index contributed by atoms with van der Waals surface area (Å²) in [6, 6.07) is 10.2. The zero-order valence-corrected chi connectivity index (χ0v) is 12.0. The zero-order chi connectivity index (χ0) is 15.0. The summed E-state index contributed by atoms with van der Waals surface area (Å²) in [4.78, 5) is 4.61. The average molecular weight is 280 g/mol. The molecule has 0 saturated carbocycles. The molecule has 3 rings (SSSR count). The van der Waals surface area contributed by atoms with Crippen LogP contribution < -0.4 is 5.32 Å². The van der Waals surface area contributed by atoms with Crippen molar-refractivity contribution >= 4 is 22.5 Å². The number of aliphatic hydroxyl groups excluding tert-OH is 1. The van der Waals surface area contributed by atoms with Crippen molar-refractivity contribution in [2.75, 3.05) is 18.5 Å². The van der Waals surface area contributed by atoms with E-state index in [1.54, 1.807) is 0 Å². The van der Waals surface area contributed by atoms with E-state index in [9.17, 15) is 5.26 Å². The number of fused-ring (bicyclic) bond motifs is 3. The Bertz CT molecular complexity index is 873. The average Bonchev–Trinajstić information content (AvgIpc) is 2.82. The van der Waals surface area contributed by atoms with Crippen LogP contribution in [0, 0.1) is 25.2 Å². The number of aryl methyl sites for hydroxylation is 2. The maximum atomic E-state index is 9.40. The van der Waals surface area contributed by atoms with E-state index in [1.165, 1.54) is 0 Å². The number of pyridine rings is 1. The van der Waals surface area contributed by atoms with Gasteiger partial charge in [-0.1, -0.05) is 6.07 Å². The first-order valence-corrected chi connectivity index (χ1v) is 6.83. The molecule has 0 bridgehead atoms. The number of benzene rings is 1. The number of hydrogen-bond donors (Lipinski definition) is 2. The molecule has 0 aliphatic rings. The summed E-state index contributed by atoms with van der Waals surface area (Å²) in [5.41, 5.74) is 5.05. The van der Waals surface area contributed by atoms with Gasteiger partial charge in [0, 0.05) is 6.54 Å². The second-order valence-electron chi connectivity index (χ2n) is 5.11. The molecule has 2 heterocycles. The quantitative estimate of drug-likeness (QED) is 0.772. The second kappa shape index (κ2) is 5.08. The lowest BCUT2D eigenvalue weighted by atomic mass is 10.1. The number of nitriles is 1. The lowest BCUT2D eigenvalue weighted by Gasteiger charge is -2.11. The molecule has 21 heavy (non-hydrogen) atoms. The van der Waals surface area contributed by atoms with E-state index in [0.29, 0.717) is 17.8 Å². The van der Waals surface area contributed by atoms with Gasteiger partial charge in [0.2, 0.25) is 0 Å². The third-order valence-corrected chi connectivity index (χ3v) is 3.55. The van der Waals surface area contributed by atoms with Crippen LogP contribution in [-0.4, -0.2) is 27.6 Å². The molecule has 3 aromatic rings. The molecule has 0 saturated heterocycles. The molecule has 2 aromatic heterocycles. The highest BCUT2D eigenvalue weighted by Gasteiger charge is 2.14. The van der Waals surface area contributed by atoms with Crippen LogP contribution in [0.1, 0.15) is 16.7 Å². The fourth-order valence-electron chi connectivity index (χ4n) is 2.57. The minimum atomic E-state index is 0.0479. The first kappa shape index (κ1) is 13.4. The third kappa shape index (κ3) is 2.10. The summed E-state index contributed by atoms with van der Waals surface area (Å²) in [6.07, 6.45) is 0. The molecule has 0 radical (unpaired) electrons. The summed E-state index contributed by atoms with van der Waals surface area (Å²) in [5.74, 6) is 0.835. The predicted octanol–water partition coefficient (Wildman–Crippen LogP) is 2.38. The minimum Gasteiger partial charge on any atom is -0.395 e. The molecular formula is C16H16N4O. The zero-order valence-electron chi connectivity index (χ0n) is 12.0. The summed E-state index contributed by atoms with van der Waals surface area (Å²) in [6.45, 7) is 4.41. The number of aromatic nitrogens is 2. The van der Waals surface area contributed by atoms with Crippen LogP contribution in [0.25, 0.3) is 16.7 Å². The maximum absolute atomic E-state index is 9.40. The highest BCUT2D eigenvalue weighted by molar-refractivity contribution is 5.85. The fraction of sp³-hybridized carbons (Fsp3) is 0.250. The monoisotopic (exact) mass is 280 g/mol. The van der Waals surface area contributed by atoms with E-state index in [0.717, 1.165) is 28.0 Å². The molecule has 0 aliphatic carbocycles. The molecule has 0 amide bonds. The number of nitrogens with one attached hydrogen (secondary N) is 1. The van der Waals surface area contributed by atoms with Crippen molar-refractivity contribution in [1.29, 1.82) is 5.26 Å². The van der Waals surface area contributed by atoms with E-state index in [2.05, 4.69) is 16.4 Å². The van der Waals surface area contributed by atoms with Gasteiger partial charge in [-0.25, -0.2) is 4.98 Å². The number of rotatable bonds is 3. The molecule has 0 spiro atoms. The van der Waals surface area contributed by atoms with E-state index in [1.807, 2.05) is 42.5 Å². The number of aliphatic hydroxyl groups is 1. The Hall–Kier alpha value is -2.58. The van der Waals surface area contributed by atoms with Gasteiger partial charge in [0.05, 0.1) is 23.2 Å². The highest BCUT2D eigenvalue weighted by atomic mass is 16.3. The molecule has 5 heteroatoms. The Morgan fingerprint density at radius 1 is 1.33 bits per heavy atom. The molecular weight excluding hydrogens is 264 g/mol. The van der Waals surface area contributed by atoms with Gasteiger partial charge in [0.25, 0.3) is 0 Å². The lowest BCUT2D eigenvalue weighted by Crippen LogP contribution is -2.10. The van der Waals surface area contributed by atoms with Crippen molar-refractivity contribution in [3.63, 3.8) is 0 Å². The van der Waals surface area contributed by atoms with Crippen LogP contribution >= 0.6 is 0 Å². The number of imidazole rings is 1. The Morgan fingerprint density at radius 3 is 2.86 bits per heavy atom. The van der Waals surface area contributed by atoms with E-state index >= 15 is 0 Å². The summed E-state index contributed by atoms with van der Waals surface area (Å²) >= 11 is 0. The second-order valence-corrected chi connectivity index (χ2v) is 5.11. The van der Waals surface area contributed by atoms with Gasteiger partial charge >= 0.3 is 0 Å². The van der Waals surface area contributed by atoms with Gasteiger partial charge in [-0.05, 0) is 43.2 Å². The van der Waals surface area contributed by atoms with Gasteiger partial charge < -0.3 is 10.4 Å². The van der Waals surface area contributed by atoms with Crippen LogP contribution in [0.3, 0.4) is 0 Å². The van der Waals surface area contributed by atoms with Crippen molar-refractivity contribution < 1.29 is 5.11 Å². The number of anilines is 1. The summed E-state index contributed by atoms with van der Waals surface area (Å²) < 4.78 is 1.94. The Labute approximate surface area is 122 Å². The van der Waals surface area contributed by atoms with Gasteiger partial charge in [-0.2, -0.15) is 5.26 Å². The highest BCUT2D eigenvalue weighted by Crippen LogP contribution is 2.27. The SMILES string of the molecule is Cc1ccc2c(c1)nc1c(C#N)c(C)cc(NCCO)n12. The minimum absolute atomic E-state index is 0.0479. The Balaban J connectivity index is 2.41. The van der Waals surface area contributed by atoms with Gasteiger partial charge in [-0.15, -0.1) is 0 Å². The van der Waals surface area contributed by atoms with Crippen LogP contribution in [0.5, 0.6) is 0 Å². The van der Waals surface area contributed by atoms with Gasteiger partial charge in [0.15, 0.2) is 5.65 Å². The molecule has 0 aliphatic heterocycles. The topological polar surface area (TPSA) is 73.3 Å². The molecule has 0 atom stereocenters. The van der Waals surface area contributed by atoms with Crippen molar-refractivity contribution in [3.05, 3.63) is 41.0 Å². The first-order valence-electron chi connectivity index (χ1n) is 6.83. The van der Waals surface area contributed by atoms with E-state index in [4.69, 9.17) is 5.11 Å². The van der Waals surface area contributed by atoms with Crippen LogP contribution in [0.4, 0.5) is 5.82 Å². The Morgan fingerprint density at radius 2 is 2.14 bits per heavy atom. The summed E-state index contributed by atoms with van der Waals surface area (Å²) in [5, 5.41) is 21.6. The standard InChI is InChI=1S/C16H16N4O/c1-10-3-4-14-13(7-10)19-16-12(9-17)11(2)8-15(20(14)16)18-5-6-21/h3-4,7-8,18,21H,5-6H2,1-2H3. The first-order chi connectivity index (χ1) is 10.2. The predicted molar refractivity (Wildman–Crippen MR) is 82.5 cm³/mol. The third-order valence-electron chi connectivity index (χ3n) is 3.55. The molecule has 106 valence electrons. The molecule has 0 fully saturated rings. The molecule has 0 unspecified atom stereocenters. The van der Waals surface area contributed by atoms with E-state index in [-0.39, 0.29) is 6.61 Å². The van der Waals surface area contributed by atoms with Crippen LogP contribution in [-0.2, 0) is 0 Å². The normalized spacial score (nSPS) is 11.0. The Kier molecular flexibility index (Phi) is 3.24. The largest absolute Gasteiger partial charge is 0.395 e. The van der Waals surface area contributed by atoms with Gasteiger partial charge in [-0.3, -0.25) is 4.40 Å². The van der Waals surface area contributed by atoms with Crippen LogP contribution in [0.2, 0.25) is 0 Å². The number of hydrogen-bond acceptors (Lipinski definition) is 4. The van der Waals surface area contributed by atoms with Crippen molar-refractivity contribution in [1.82, 2.24) is 9.38 Å².